The van der Waals surface area contributed by atoms with Crippen molar-refractivity contribution < 1.29 is 9.53 Å². The molecular weight excluding hydrogens is 292 g/mol. The van der Waals surface area contributed by atoms with E-state index >= 15 is 0 Å². The van der Waals surface area contributed by atoms with Crippen molar-refractivity contribution in [1.82, 2.24) is 20.4 Å². The molecule has 1 aliphatic heterocycles. The van der Waals surface area contributed by atoms with Crippen molar-refractivity contribution in [3.8, 4) is 0 Å². The standard InChI is InChI=1S/C17H28N4O2/c1-21(12-17(22)18-10-13-6-5-9-23-13)11-16-14-7-3-2-4-8-15(14)19-20-16/h13H,2-12H2,1H3,(H,18,22)(H,19,20)/t13-/m1/s1. The highest BCUT2D eigenvalue weighted by Crippen LogP contribution is 2.22. The molecule has 1 saturated heterocycles. The molecule has 23 heavy (non-hydrogen) atoms. The van der Waals surface area contributed by atoms with Gasteiger partial charge in [0.15, 0.2) is 0 Å². The Bertz CT molecular complexity index is 523. The van der Waals surface area contributed by atoms with Gasteiger partial charge in [-0.05, 0) is 51.1 Å². The molecular formula is C17H28N4O2. The Balaban J connectivity index is 1.46. The Kier molecular flexibility index (Phi) is 5.67. The van der Waals surface area contributed by atoms with Gasteiger partial charge in [-0.1, -0.05) is 6.42 Å². The van der Waals surface area contributed by atoms with Crippen LogP contribution in [0.3, 0.4) is 0 Å². The van der Waals surface area contributed by atoms with Crippen molar-refractivity contribution >= 4 is 5.91 Å². The van der Waals surface area contributed by atoms with Crippen molar-refractivity contribution in [3.05, 3.63) is 17.0 Å². The Morgan fingerprint density at radius 1 is 1.35 bits per heavy atom. The molecule has 6 nitrogen and oxygen atoms in total. The van der Waals surface area contributed by atoms with Crippen LogP contribution in [0.2, 0.25) is 0 Å². The number of fused-ring (bicyclic) bond motifs is 1. The van der Waals surface area contributed by atoms with E-state index < -0.39 is 0 Å². The lowest BCUT2D eigenvalue weighted by molar-refractivity contribution is -0.122. The number of hydrogen-bond donors (Lipinski definition) is 2. The molecule has 0 radical (unpaired) electrons. The maximum atomic E-state index is 12.0. The van der Waals surface area contributed by atoms with Gasteiger partial charge < -0.3 is 10.1 Å². The van der Waals surface area contributed by atoms with E-state index in [0.717, 1.165) is 44.5 Å². The number of likely N-dealkylation sites (N-methyl/N-ethyl adjacent to an activating group) is 1. The zero-order valence-electron chi connectivity index (χ0n) is 14.1. The molecule has 0 aromatic carbocycles. The number of ether oxygens (including phenoxy) is 1. The zero-order chi connectivity index (χ0) is 16.1. The predicted molar refractivity (Wildman–Crippen MR) is 88.2 cm³/mol. The first-order chi connectivity index (χ1) is 11.2. The molecule has 1 atom stereocenters. The van der Waals surface area contributed by atoms with Crippen molar-refractivity contribution in [2.24, 2.45) is 0 Å². The summed E-state index contributed by atoms with van der Waals surface area (Å²) in [6, 6.07) is 0. The van der Waals surface area contributed by atoms with Gasteiger partial charge in [-0.2, -0.15) is 5.10 Å². The monoisotopic (exact) mass is 320 g/mol. The Hall–Kier alpha value is -1.40. The summed E-state index contributed by atoms with van der Waals surface area (Å²) in [7, 11) is 1.98. The molecule has 6 heteroatoms. The molecule has 1 aliphatic carbocycles. The predicted octanol–water partition coefficient (Wildman–Crippen LogP) is 1.41. The van der Waals surface area contributed by atoms with Crippen LogP contribution in [0.25, 0.3) is 0 Å². The molecule has 1 aromatic rings. The van der Waals surface area contributed by atoms with Crippen LogP contribution in [0.4, 0.5) is 0 Å². The number of hydrogen-bond acceptors (Lipinski definition) is 4. The number of carbonyl (C=O) groups is 1. The van der Waals surface area contributed by atoms with E-state index in [4.69, 9.17) is 4.74 Å². The van der Waals surface area contributed by atoms with Gasteiger partial charge in [0, 0.05) is 25.4 Å². The number of H-pyrrole nitrogens is 1. The van der Waals surface area contributed by atoms with Crippen LogP contribution in [-0.2, 0) is 28.9 Å². The van der Waals surface area contributed by atoms with Crippen molar-refractivity contribution in [3.63, 3.8) is 0 Å². The molecule has 128 valence electrons. The Morgan fingerprint density at radius 3 is 3.04 bits per heavy atom. The number of aromatic amines is 1. The molecule has 0 saturated carbocycles. The number of aryl methyl sites for hydroxylation is 1. The summed E-state index contributed by atoms with van der Waals surface area (Å²) >= 11 is 0. The van der Waals surface area contributed by atoms with Gasteiger partial charge in [0.25, 0.3) is 0 Å². The number of amides is 1. The van der Waals surface area contributed by atoms with E-state index in [2.05, 4.69) is 15.5 Å². The topological polar surface area (TPSA) is 70.2 Å². The first-order valence-electron chi connectivity index (χ1n) is 8.84. The quantitative estimate of drug-likeness (QED) is 0.778. The highest BCUT2D eigenvalue weighted by Gasteiger charge is 2.19. The van der Waals surface area contributed by atoms with Crippen LogP contribution in [0.5, 0.6) is 0 Å². The second-order valence-corrected chi connectivity index (χ2v) is 6.80. The summed E-state index contributed by atoms with van der Waals surface area (Å²) in [4.78, 5) is 14.1. The number of carbonyl (C=O) groups excluding carboxylic acids is 1. The average molecular weight is 320 g/mol. The molecule has 1 fully saturated rings. The SMILES string of the molecule is CN(CC(=O)NC[C@H]1CCCO1)Cc1n[nH]c2c1CCCCC2. The molecule has 0 bridgehead atoms. The van der Waals surface area contributed by atoms with Crippen LogP contribution in [0.1, 0.15) is 49.1 Å². The summed E-state index contributed by atoms with van der Waals surface area (Å²) in [5, 5.41) is 10.6. The highest BCUT2D eigenvalue weighted by molar-refractivity contribution is 5.78. The molecule has 0 unspecified atom stereocenters. The normalized spacial score (nSPS) is 21.2. The maximum Gasteiger partial charge on any atom is 0.234 e. The summed E-state index contributed by atoms with van der Waals surface area (Å²) in [6.07, 6.45) is 8.35. The van der Waals surface area contributed by atoms with E-state index in [1.165, 1.54) is 30.5 Å². The van der Waals surface area contributed by atoms with E-state index in [-0.39, 0.29) is 12.0 Å². The maximum absolute atomic E-state index is 12.0. The minimum Gasteiger partial charge on any atom is -0.376 e. The highest BCUT2D eigenvalue weighted by atomic mass is 16.5. The third-order valence-corrected chi connectivity index (χ3v) is 4.78. The summed E-state index contributed by atoms with van der Waals surface area (Å²) in [5.74, 6) is 0.0598. The van der Waals surface area contributed by atoms with Crippen molar-refractivity contribution in [2.45, 2.75) is 57.6 Å². The third kappa shape index (κ3) is 4.54. The number of aromatic nitrogens is 2. The fourth-order valence-electron chi connectivity index (χ4n) is 3.50. The van der Waals surface area contributed by atoms with Crippen LogP contribution in [-0.4, -0.2) is 53.9 Å². The van der Waals surface area contributed by atoms with E-state index in [9.17, 15) is 4.79 Å². The minimum atomic E-state index is 0.0598. The molecule has 1 amide bonds. The van der Waals surface area contributed by atoms with Crippen LogP contribution >= 0.6 is 0 Å². The number of nitrogens with zero attached hydrogens (tertiary/aromatic N) is 2. The van der Waals surface area contributed by atoms with Gasteiger partial charge in [-0.25, -0.2) is 0 Å². The first-order valence-corrected chi connectivity index (χ1v) is 8.84. The molecule has 2 N–H and O–H groups in total. The van der Waals surface area contributed by atoms with E-state index in [1.54, 1.807) is 0 Å². The first kappa shape index (κ1) is 16.5. The second kappa shape index (κ2) is 7.93. The van der Waals surface area contributed by atoms with Crippen LogP contribution in [0, 0.1) is 0 Å². The summed E-state index contributed by atoms with van der Waals surface area (Å²) in [6.45, 7) is 2.57. The van der Waals surface area contributed by atoms with Gasteiger partial charge >= 0.3 is 0 Å². The van der Waals surface area contributed by atoms with Crippen LogP contribution < -0.4 is 5.32 Å². The number of nitrogens with one attached hydrogen (secondary N) is 2. The molecule has 2 aliphatic rings. The number of rotatable bonds is 6. The molecule has 1 aromatic heterocycles. The molecule has 0 spiro atoms. The Labute approximate surface area is 138 Å². The summed E-state index contributed by atoms with van der Waals surface area (Å²) in [5.41, 5.74) is 3.79. The zero-order valence-corrected chi connectivity index (χ0v) is 14.1. The van der Waals surface area contributed by atoms with Crippen molar-refractivity contribution in [2.75, 3.05) is 26.7 Å². The van der Waals surface area contributed by atoms with Gasteiger partial charge in [0.2, 0.25) is 5.91 Å². The van der Waals surface area contributed by atoms with Gasteiger partial charge in [-0.3, -0.25) is 14.8 Å². The molecule has 2 heterocycles. The fourth-order valence-corrected chi connectivity index (χ4v) is 3.50. The minimum absolute atomic E-state index is 0.0598. The van der Waals surface area contributed by atoms with E-state index in [0.29, 0.717) is 13.1 Å². The largest absolute Gasteiger partial charge is 0.376 e. The smallest absolute Gasteiger partial charge is 0.234 e. The third-order valence-electron chi connectivity index (χ3n) is 4.78. The fraction of sp³-hybridized carbons (Fsp3) is 0.765. The van der Waals surface area contributed by atoms with Gasteiger partial charge in [-0.15, -0.1) is 0 Å². The lowest BCUT2D eigenvalue weighted by Gasteiger charge is -2.17. The van der Waals surface area contributed by atoms with Crippen molar-refractivity contribution in [1.29, 1.82) is 0 Å². The lowest BCUT2D eigenvalue weighted by atomic mass is 10.1. The molecule has 3 rings (SSSR count). The van der Waals surface area contributed by atoms with Gasteiger partial charge in [0.1, 0.15) is 0 Å². The lowest BCUT2D eigenvalue weighted by Crippen LogP contribution is -2.38. The average Bonchev–Trinajstić information content (AvgIpc) is 3.10. The second-order valence-electron chi connectivity index (χ2n) is 6.80. The Morgan fingerprint density at radius 2 is 2.22 bits per heavy atom. The van der Waals surface area contributed by atoms with Crippen LogP contribution in [0.15, 0.2) is 0 Å². The van der Waals surface area contributed by atoms with E-state index in [1.807, 2.05) is 11.9 Å². The van der Waals surface area contributed by atoms with Gasteiger partial charge in [0.05, 0.1) is 18.3 Å². The summed E-state index contributed by atoms with van der Waals surface area (Å²) < 4.78 is 5.53.